The molecule has 0 bridgehead atoms. The minimum atomic E-state index is 0.0412. The molecule has 0 aliphatic carbocycles. The first-order valence-corrected chi connectivity index (χ1v) is 6.29. The van der Waals surface area contributed by atoms with Crippen LogP contribution >= 0.6 is 0 Å². The van der Waals surface area contributed by atoms with Gasteiger partial charge in [0.2, 0.25) is 0 Å². The van der Waals surface area contributed by atoms with Crippen LogP contribution in [0.1, 0.15) is 16.8 Å². The summed E-state index contributed by atoms with van der Waals surface area (Å²) in [6, 6.07) is 1.71. The zero-order valence-corrected chi connectivity index (χ0v) is 10.5. The lowest BCUT2D eigenvalue weighted by molar-refractivity contribution is 0.0761. The molecule has 1 saturated heterocycles. The van der Waals surface area contributed by atoms with E-state index in [1.807, 2.05) is 4.90 Å². The Morgan fingerprint density at radius 3 is 2.89 bits per heavy atom. The van der Waals surface area contributed by atoms with E-state index in [1.54, 1.807) is 12.3 Å². The highest BCUT2D eigenvalue weighted by molar-refractivity contribution is 5.93. The summed E-state index contributed by atoms with van der Waals surface area (Å²) in [6.45, 7) is 5.02. The second-order valence-electron chi connectivity index (χ2n) is 4.41. The summed E-state index contributed by atoms with van der Waals surface area (Å²) in [6.07, 6.45) is 4.06. The summed E-state index contributed by atoms with van der Waals surface area (Å²) in [5.41, 5.74) is 6.17. The van der Waals surface area contributed by atoms with Gasteiger partial charge in [0.25, 0.3) is 5.91 Å². The molecular formula is C12H19N5O. The van der Waals surface area contributed by atoms with E-state index in [0.29, 0.717) is 12.1 Å². The van der Waals surface area contributed by atoms with E-state index in [9.17, 15) is 4.79 Å². The lowest BCUT2D eigenvalue weighted by atomic mass is 10.2. The average molecular weight is 249 g/mol. The molecular weight excluding hydrogens is 230 g/mol. The zero-order valence-electron chi connectivity index (χ0n) is 10.5. The Labute approximate surface area is 107 Å². The van der Waals surface area contributed by atoms with Crippen molar-refractivity contribution < 1.29 is 4.79 Å². The fourth-order valence-corrected chi connectivity index (χ4v) is 2.18. The van der Waals surface area contributed by atoms with Crippen molar-refractivity contribution in [3.05, 3.63) is 24.0 Å². The van der Waals surface area contributed by atoms with Crippen LogP contribution in [0.5, 0.6) is 0 Å². The fraction of sp³-hybridized carbons (Fsp3) is 0.583. The summed E-state index contributed by atoms with van der Waals surface area (Å²) >= 11 is 0. The normalized spacial score (nSPS) is 17.5. The van der Waals surface area contributed by atoms with Crippen molar-refractivity contribution in [1.29, 1.82) is 0 Å². The van der Waals surface area contributed by atoms with Gasteiger partial charge in [-0.2, -0.15) is 10.2 Å². The third kappa shape index (κ3) is 3.24. The van der Waals surface area contributed by atoms with Crippen LogP contribution in [0.4, 0.5) is 0 Å². The van der Waals surface area contributed by atoms with Crippen LogP contribution in [0.3, 0.4) is 0 Å². The molecule has 0 radical (unpaired) electrons. The zero-order chi connectivity index (χ0) is 12.8. The van der Waals surface area contributed by atoms with Crippen LogP contribution in [-0.2, 0) is 0 Å². The second-order valence-corrected chi connectivity index (χ2v) is 4.41. The van der Waals surface area contributed by atoms with Gasteiger partial charge in [0.1, 0.15) is 0 Å². The van der Waals surface area contributed by atoms with Crippen LogP contribution < -0.4 is 5.73 Å². The van der Waals surface area contributed by atoms with Gasteiger partial charge < -0.3 is 15.5 Å². The number of rotatable bonds is 3. The Morgan fingerprint density at radius 2 is 2.17 bits per heavy atom. The molecule has 1 aromatic heterocycles. The van der Waals surface area contributed by atoms with Crippen LogP contribution in [-0.4, -0.2) is 65.2 Å². The third-order valence-corrected chi connectivity index (χ3v) is 3.15. The standard InChI is InChI=1S/C12H19N5O/c13-3-7-16-5-1-6-17(9-8-16)12(18)11-2-4-14-15-10-11/h2,4,10H,1,3,5-9,13H2. The van der Waals surface area contributed by atoms with Gasteiger partial charge >= 0.3 is 0 Å². The van der Waals surface area contributed by atoms with Gasteiger partial charge in [0, 0.05) is 32.7 Å². The molecule has 6 nitrogen and oxygen atoms in total. The van der Waals surface area contributed by atoms with Gasteiger partial charge in [0.05, 0.1) is 18.0 Å². The Bertz CT molecular complexity index is 383. The predicted molar refractivity (Wildman–Crippen MR) is 68.0 cm³/mol. The number of nitrogens with two attached hydrogens (primary N) is 1. The number of carbonyl (C=O) groups excluding carboxylic acids is 1. The lowest BCUT2D eigenvalue weighted by Gasteiger charge is -2.21. The lowest BCUT2D eigenvalue weighted by Crippen LogP contribution is -2.36. The summed E-state index contributed by atoms with van der Waals surface area (Å²) in [7, 11) is 0. The maximum absolute atomic E-state index is 12.2. The van der Waals surface area contributed by atoms with E-state index in [4.69, 9.17) is 5.73 Å². The number of hydrogen-bond acceptors (Lipinski definition) is 5. The van der Waals surface area contributed by atoms with Gasteiger partial charge in [-0.25, -0.2) is 0 Å². The monoisotopic (exact) mass is 249 g/mol. The number of aromatic nitrogens is 2. The fourth-order valence-electron chi connectivity index (χ4n) is 2.18. The number of amides is 1. The Morgan fingerprint density at radius 1 is 1.28 bits per heavy atom. The molecule has 2 heterocycles. The van der Waals surface area contributed by atoms with E-state index < -0.39 is 0 Å². The quantitative estimate of drug-likeness (QED) is 0.787. The van der Waals surface area contributed by atoms with Crippen molar-refractivity contribution in [3.8, 4) is 0 Å². The number of nitrogens with zero attached hydrogens (tertiary/aromatic N) is 4. The maximum Gasteiger partial charge on any atom is 0.255 e. The molecule has 1 aliphatic rings. The van der Waals surface area contributed by atoms with Crippen molar-refractivity contribution in [2.75, 3.05) is 39.3 Å². The van der Waals surface area contributed by atoms with E-state index >= 15 is 0 Å². The molecule has 0 atom stereocenters. The maximum atomic E-state index is 12.2. The van der Waals surface area contributed by atoms with Gasteiger partial charge in [-0.3, -0.25) is 4.79 Å². The van der Waals surface area contributed by atoms with Gasteiger partial charge in [-0.05, 0) is 19.0 Å². The Kier molecular flexibility index (Phi) is 4.60. The molecule has 1 aromatic rings. The molecule has 1 amide bonds. The minimum absolute atomic E-state index is 0.0412. The first-order valence-electron chi connectivity index (χ1n) is 6.29. The minimum Gasteiger partial charge on any atom is -0.337 e. The molecule has 1 fully saturated rings. The summed E-state index contributed by atoms with van der Waals surface area (Å²) in [5.74, 6) is 0.0412. The Balaban J connectivity index is 1.96. The summed E-state index contributed by atoms with van der Waals surface area (Å²) in [5, 5.41) is 7.43. The molecule has 2 N–H and O–H groups in total. The number of hydrogen-bond donors (Lipinski definition) is 1. The van der Waals surface area contributed by atoms with Gasteiger partial charge in [-0.15, -0.1) is 0 Å². The molecule has 0 aromatic carbocycles. The van der Waals surface area contributed by atoms with E-state index in [0.717, 1.165) is 39.1 Å². The van der Waals surface area contributed by atoms with Crippen molar-refractivity contribution in [3.63, 3.8) is 0 Å². The highest BCUT2D eigenvalue weighted by Crippen LogP contribution is 2.07. The van der Waals surface area contributed by atoms with E-state index in [1.165, 1.54) is 6.20 Å². The molecule has 0 unspecified atom stereocenters. The molecule has 2 rings (SSSR count). The largest absolute Gasteiger partial charge is 0.337 e. The smallest absolute Gasteiger partial charge is 0.255 e. The molecule has 18 heavy (non-hydrogen) atoms. The Hall–Kier alpha value is -1.53. The van der Waals surface area contributed by atoms with Crippen LogP contribution in [0.15, 0.2) is 18.5 Å². The highest BCUT2D eigenvalue weighted by atomic mass is 16.2. The van der Waals surface area contributed by atoms with Crippen molar-refractivity contribution in [2.24, 2.45) is 5.73 Å². The highest BCUT2D eigenvalue weighted by Gasteiger charge is 2.19. The first kappa shape index (κ1) is 12.9. The molecule has 6 heteroatoms. The van der Waals surface area contributed by atoms with E-state index in [-0.39, 0.29) is 5.91 Å². The van der Waals surface area contributed by atoms with Crippen molar-refractivity contribution >= 4 is 5.91 Å². The summed E-state index contributed by atoms with van der Waals surface area (Å²) in [4.78, 5) is 16.4. The molecule has 0 spiro atoms. The van der Waals surface area contributed by atoms with E-state index in [2.05, 4.69) is 15.1 Å². The van der Waals surface area contributed by atoms with Crippen LogP contribution in [0, 0.1) is 0 Å². The first-order chi connectivity index (χ1) is 8.81. The molecule has 98 valence electrons. The van der Waals surface area contributed by atoms with Crippen molar-refractivity contribution in [2.45, 2.75) is 6.42 Å². The predicted octanol–water partition coefficient (Wildman–Crippen LogP) is -0.417. The topological polar surface area (TPSA) is 75.3 Å². The summed E-state index contributed by atoms with van der Waals surface area (Å²) < 4.78 is 0. The third-order valence-electron chi connectivity index (χ3n) is 3.15. The second kappa shape index (κ2) is 6.42. The SMILES string of the molecule is NCCN1CCCN(C(=O)c2ccnnc2)CC1. The average Bonchev–Trinajstić information content (AvgIpc) is 2.65. The van der Waals surface area contributed by atoms with Gasteiger partial charge in [0.15, 0.2) is 0 Å². The van der Waals surface area contributed by atoms with Crippen molar-refractivity contribution in [1.82, 2.24) is 20.0 Å². The van der Waals surface area contributed by atoms with Crippen LogP contribution in [0.25, 0.3) is 0 Å². The van der Waals surface area contributed by atoms with Crippen LogP contribution in [0.2, 0.25) is 0 Å². The molecule has 1 aliphatic heterocycles. The molecule has 0 saturated carbocycles. The number of carbonyl (C=O) groups is 1. The van der Waals surface area contributed by atoms with Gasteiger partial charge in [-0.1, -0.05) is 0 Å².